The Hall–Kier alpha value is -1.84. The second kappa shape index (κ2) is 3.58. The van der Waals surface area contributed by atoms with Crippen molar-refractivity contribution in [1.82, 2.24) is 5.16 Å². The Bertz CT molecular complexity index is 583. The molecule has 88 valence electrons. The molecule has 0 amide bonds. The molecule has 1 aromatic carbocycles. The molecule has 17 heavy (non-hydrogen) atoms. The fourth-order valence-corrected chi connectivity index (χ4v) is 2.13. The minimum Gasteiger partial charge on any atom is -0.481 e. The fourth-order valence-electron chi connectivity index (χ4n) is 2.13. The van der Waals surface area contributed by atoms with Crippen LogP contribution in [-0.2, 0) is 4.79 Å². The van der Waals surface area contributed by atoms with Gasteiger partial charge in [0.05, 0.1) is 11.6 Å². The molecule has 4 heteroatoms. The lowest BCUT2D eigenvalue weighted by atomic mass is 9.98. The van der Waals surface area contributed by atoms with Crippen LogP contribution in [0, 0.1) is 0 Å². The van der Waals surface area contributed by atoms with Crippen molar-refractivity contribution in [3.63, 3.8) is 0 Å². The van der Waals surface area contributed by atoms with E-state index in [-0.39, 0.29) is 0 Å². The summed E-state index contributed by atoms with van der Waals surface area (Å²) in [7, 11) is 0. The fraction of sp³-hybridized carbons (Fsp3) is 0.385. The lowest BCUT2D eigenvalue weighted by Crippen LogP contribution is -2.07. The first kappa shape index (κ1) is 10.3. The molecule has 1 aromatic heterocycles. The third kappa shape index (κ3) is 1.60. The minimum atomic E-state index is -0.845. The summed E-state index contributed by atoms with van der Waals surface area (Å²) in [4.78, 5) is 11.0. The van der Waals surface area contributed by atoms with Crippen LogP contribution >= 0.6 is 0 Å². The summed E-state index contributed by atoms with van der Waals surface area (Å²) in [5.74, 6) is -0.910. The van der Waals surface area contributed by atoms with Crippen molar-refractivity contribution in [3.05, 3.63) is 29.5 Å². The lowest BCUT2D eigenvalue weighted by Gasteiger charge is -2.05. The van der Waals surface area contributed by atoms with E-state index in [2.05, 4.69) is 5.16 Å². The Morgan fingerprint density at radius 2 is 2.29 bits per heavy atom. The number of aromatic nitrogens is 1. The number of benzene rings is 1. The monoisotopic (exact) mass is 231 g/mol. The Balaban J connectivity index is 2.16. The molecule has 0 radical (unpaired) electrons. The van der Waals surface area contributed by atoms with Crippen LogP contribution in [0.3, 0.4) is 0 Å². The van der Waals surface area contributed by atoms with E-state index in [9.17, 15) is 4.79 Å². The van der Waals surface area contributed by atoms with Crippen LogP contribution < -0.4 is 0 Å². The molecule has 1 heterocycles. The molecule has 4 nitrogen and oxygen atoms in total. The molecule has 1 saturated carbocycles. The Labute approximate surface area is 98.2 Å². The lowest BCUT2D eigenvalue weighted by molar-refractivity contribution is -0.138. The van der Waals surface area contributed by atoms with E-state index in [1.54, 1.807) is 13.0 Å². The third-order valence-corrected chi connectivity index (χ3v) is 3.36. The number of carbonyl (C=O) groups is 1. The van der Waals surface area contributed by atoms with Crippen molar-refractivity contribution < 1.29 is 14.4 Å². The standard InChI is InChI=1S/C13H13NO3/c1-7(13(15)16)9-3-2-4-10-11(8-5-6-8)14-17-12(9)10/h2-4,7-8H,5-6H2,1H3,(H,15,16). The minimum absolute atomic E-state index is 0.506. The van der Waals surface area contributed by atoms with Crippen molar-refractivity contribution in [2.75, 3.05) is 0 Å². The Kier molecular flexibility index (Phi) is 2.18. The van der Waals surface area contributed by atoms with Crippen LogP contribution in [-0.4, -0.2) is 16.2 Å². The molecule has 0 spiro atoms. The van der Waals surface area contributed by atoms with Gasteiger partial charge in [0, 0.05) is 16.9 Å². The molecule has 1 aliphatic rings. The van der Waals surface area contributed by atoms with E-state index in [4.69, 9.17) is 9.63 Å². The zero-order valence-corrected chi connectivity index (χ0v) is 9.51. The molecule has 1 aliphatic carbocycles. The highest BCUT2D eigenvalue weighted by molar-refractivity contribution is 5.88. The molecular formula is C13H13NO3. The predicted octanol–water partition coefficient (Wildman–Crippen LogP) is 2.89. The maximum absolute atomic E-state index is 11.0. The van der Waals surface area contributed by atoms with Crippen LogP contribution in [0.25, 0.3) is 11.0 Å². The van der Waals surface area contributed by atoms with Gasteiger partial charge in [0.1, 0.15) is 0 Å². The smallest absolute Gasteiger partial charge is 0.310 e. The summed E-state index contributed by atoms with van der Waals surface area (Å²) in [5, 5.41) is 14.1. The van der Waals surface area contributed by atoms with Gasteiger partial charge in [-0.3, -0.25) is 4.79 Å². The van der Waals surface area contributed by atoms with Gasteiger partial charge in [-0.1, -0.05) is 17.3 Å². The molecule has 3 rings (SSSR count). The molecule has 0 bridgehead atoms. The highest BCUT2D eigenvalue weighted by atomic mass is 16.5. The normalized spacial score (nSPS) is 17.2. The zero-order chi connectivity index (χ0) is 12.0. The topological polar surface area (TPSA) is 63.3 Å². The van der Waals surface area contributed by atoms with Crippen molar-refractivity contribution in [2.24, 2.45) is 0 Å². The second-order valence-corrected chi connectivity index (χ2v) is 4.63. The van der Waals surface area contributed by atoms with Gasteiger partial charge in [0.25, 0.3) is 0 Å². The number of hydrogen-bond donors (Lipinski definition) is 1. The highest BCUT2D eigenvalue weighted by Crippen LogP contribution is 2.43. The number of para-hydroxylation sites is 1. The quantitative estimate of drug-likeness (QED) is 0.882. The Morgan fingerprint density at radius 1 is 1.53 bits per heavy atom. The number of carboxylic acid groups (broad SMARTS) is 1. The second-order valence-electron chi connectivity index (χ2n) is 4.63. The van der Waals surface area contributed by atoms with E-state index in [0.29, 0.717) is 17.1 Å². The van der Waals surface area contributed by atoms with Crippen molar-refractivity contribution in [3.8, 4) is 0 Å². The zero-order valence-electron chi connectivity index (χ0n) is 9.51. The van der Waals surface area contributed by atoms with Gasteiger partial charge in [0.2, 0.25) is 0 Å². The molecule has 0 saturated heterocycles. The van der Waals surface area contributed by atoms with Crippen LogP contribution in [0.15, 0.2) is 22.7 Å². The Morgan fingerprint density at radius 3 is 2.94 bits per heavy atom. The summed E-state index contributed by atoms with van der Waals surface area (Å²) in [5.41, 5.74) is 2.32. The summed E-state index contributed by atoms with van der Waals surface area (Å²) < 4.78 is 5.34. The average Bonchev–Trinajstić information content (AvgIpc) is 3.07. The number of carboxylic acids is 1. The molecule has 1 fully saturated rings. The number of aliphatic carboxylic acids is 1. The predicted molar refractivity (Wildman–Crippen MR) is 62.0 cm³/mol. The number of fused-ring (bicyclic) bond motifs is 1. The largest absolute Gasteiger partial charge is 0.481 e. The van der Waals surface area contributed by atoms with Crippen molar-refractivity contribution >= 4 is 16.9 Å². The van der Waals surface area contributed by atoms with E-state index < -0.39 is 11.9 Å². The number of hydrogen-bond acceptors (Lipinski definition) is 3. The van der Waals surface area contributed by atoms with E-state index in [1.807, 2.05) is 12.1 Å². The van der Waals surface area contributed by atoms with Crippen LogP contribution in [0.2, 0.25) is 0 Å². The average molecular weight is 231 g/mol. The maximum Gasteiger partial charge on any atom is 0.310 e. The van der Waals surface area contributed by atoms with Gasteiger partial charge in [-0.05, 0) is 25.8 Å². The number of nitrogens with zero attached hydrogens (tertiary/aromatic N) is 1. The molecule has 0 aliphatic heterocycles. The van der Waals surface area contributed by atoms with Crippen LogP contribution in [0.5, 0.6) is 0 Å². The first-order valence-corrected chi connectivity index (χ1v) is 5.79. The van der Waals surface area contributed by atoms with Gasteiger partial charge in [-0.2, -0.15) is 0 Å². The van der Waals surface area contributed by atoms with Crippen molar-refractivity contribution in [2.45, 2.75) is 31.6 Å². The molecule has 1 N–H and O–H groups in total. The first-order valence-electron chi connectivity index (χ1n) is 5.79. The molecule has 1 atom stereocenters. The molecule has 2 aromatic rings. The summed E-state index contributed by atoms with van der Waals surface area (Å²) >= 11 is 0. The van der Waals surface area contributed by atoms with E-state index >= 15 is 0 Å². The van der Waals surface area contributed by atoms with Crippen LogP contribution in [0.4, 0.5) is 0 Å². The first-order chi connectivity index (χ1) is 8.18. The van der Waals surface area contributed by atoms with Gasteiger partial charge in [0.15, 0.2) is 5.58 Å². The summed E-state index contributed by atoms with van der Waals surface area (Å²) in [6.45, 7) is 1.66. The van der Waals surface area contributed by atoms with Crippen molar-refractivity contribution in [1.29, 1.82) is 0 Å². The van der Waals surface area contributed by atoms with Gasteiger partial charge in [-0.25, -0.2) is 0 Å². The van der Waals surface area contributed by atoms with E-state index in [0.717, 1.165) is 23.9 Å². The maximum atomic E-state index is 11.0. The van der Waals surface area contributed by atoms with Crippen LogP contribution in [0.1, 0.15) is 42.9 Å². The highest BCUT2D eigenvalue weighted by Gasteiger charge is 2.30. The summed E-state index contributed by atoms with van der Waals surface area (Å²) in [6.07, 6.45) is 2.31. The van der Waals surface area contributed by atoms with E-state index in [1.165, 1.54) is 0 Å². The van der Waals surface area contributed by atoms with Gasteiger partial charge < -0.3 is 9.63 Å². The molecular weight excluding hydrogens is 218 g/mol. The van der Waals surface area contributed by atoms with Gasteiger partial charge >= 0.3 is 5.97 Å². The van der Waals surface area contributed by atoms with Gasteiger partial charge in [-0.15, -0.1) is 0 Å². The summed E-state index contributed by atoms with van der Waals surface area (Å²) in [6, 6.07) is 5.63. The number of rotatable bonds is 3. The SMILES string of the molecule is CC(C(=O)O)c1cccc2c(C3CC3)noc12. The molecule has 1 unspecified atom stereocenters. The third-order valence-electron chi connectivity index (χ3n) is 3.36.